The van der Waals surface area contributed by atoms with Crippen molar-refractivity contribution in [3.8, 4) is 0 Å². The summed E-state index contributed by atoms with van der Waals surface area (Å²) in [5.74, 6) is -0.110. The summed E-state index contributed by atoms with van der Waals surface area (Å²) in [5.41, 5.74) is 6.52. The molecule has 21 heavy (non-hydrogen) atoms. The van der Waals surface area contributed by atoms with Gasteiger partial charge < -0.3 is 16.0 Å². The number of nitrogens with zero attached hydrogens (tertiary/aromatic N) is 1. The van der Waals surface area contributed by atoms with Crippen LogP contribution in [-0.4, -0.2) is 30.4 Å². The van der Waals surface area contributed by atoms with Crippen molar-refractivity contribution in [1.29, 1.82) is 0 Å². The average Bonchev–Trinajstić information content (AvgIpc) is 2.42. The first-order valence-electron chi connectivity index (χ1n) is 7.13. The van der Waals surface area contributed by atoms with Crippen molar-refractivity contribution in [2.45, 2.75) is 39.2 Å². The van der Waals surface area contributed by atoms with Gasteiger partial charge in [0.15, 0.2) is 0 Å². The zero-order valence-electron chi connectivity index (χ0n) is 12.7. The largest absolute Gasteiger partial charge is 0.399 e. The second-order valence-electron chi connectivity index (χ2n) is 5.11. The normalized spacial score (nSPS) is 11.2. The number of anilines is 2. The van der Waals surface area contributed by atoms with E-state index >= 15 is 0 Å². The molecule has 118 valence electrons. The van der Waals surface area contributed by atoms with Crippen molar-refractivity contribution in [3.05, 3.63) is 22.2 Å². The predicted molar refractivity (Wildman–Crippen MR) is 91.1 cm³/mol. The molecule has 3 N–H and O–H groups in total. The first-order chi connectivity index (χ1) is 9.88. The minimum atomic E-state index is -0.110. The van der Waals surface area contributed by atoms with Gasteiger partial charge in [0.05, 0.1) is 15.7 Å². The van der Waals surface area contributed by atoms with E-state index in [1.807, 2.05) is 7.05 Å². The lowest BCUT2D eigenvalue weighted by atomic mass is 10.1. The molecule has 1 aromatic rings. The fourth-order valence-electron chi connectivity index (χ4n) is 2.29. The Morgan fingerprint density at radius 2 is 1.81 bits per heavy atom. The van der Waals surface area contributed by atoms with Crippen molar-refractivity contribution in [2.24, 2.45) is 0 Å². The minimum Gasteiger partial charge on any atom is -0.399 e. The highest BCUT2D eigenvalue weighted by atomic mass is 35.5. The van der Waals surface area contributed by atoms with E-state index in [0.29, 0.717) is 40.4 Å². The van der Waals surface area contributed by atoms with Crippen LogP contribution in [0.2, 0.25) is 10.0 Å². The number of nitrogens with two attached hydrogens (primary N) is 1. The molecular formula is C15H23Cl2N3O. The maximum Gasteiger partial charge on any atom is 0.225 e. The second kappa shape index (κ2) is 8.47. The number of nitrogens with one attached hydrogen (secondary N) is 1. The van der Waals surface area contributed by atoms with Crippen LogP contribution in [0.5, 0.6) is 0 Å². The van der Waals surface area contributed by atoms with E-state index in [1.165, 1.54) is 0 Å². The number of nitrogen functional groups attached to an aromatic ring is 1. The van der Waals surface area contributed by atoms with Gasteiger partial charge in [-0.1, -0.05) is 37.0 Å². The number of halogens is 2. The molecule has 0 aliphatic heterocycles. The van der Waals surface area contributed by atoms with E-state index in [9.17, 15) is 4.79 Å². The molecule has 0 unspecified atom stereocenters. The van der Waals surface area contributed by atoms with Crippen LogP contribution >= 0.6 is 23.2 Å². The number of hydrogen-bond donors (Lipinski definition) is 2. The van der Waals surface area contributed by atoms with Crippen LogP contribution < -0.4 is 11.1 Å². The lowest BCUT2D eigenvalue weighted by Gasteiger charge is -2.25. The lowest BCUT2D eigenvalue weighted by Crippen LogP contribution is -2.33. The Morgan fingerprint density at radius 1 is 1.29 bits per heavy atom. The first-order valence-corrected chi connectivity index (χ1v) is 7.89. The topological polar surface area (TPSA) is 58.4 Å². The molecule has 1 aromatic carbocycles. The summed E-state index contributed by atoms with van der Waals surface area (Å²) in [7, 11) is 2.04. The third kappa shape index (κ3) is 5.38. The van der Waals surface area contributed by atoms with Gasteiger partial charge in [-0.15, -0.1) is 0 Å². The number of carbonyl (C=O) groups is 1. The summed E-state index contributed by atoms with van der Waals surface area (Å²) in [6.45, 7) is 5.00. The SMILES string of the molecule is CCC(CC)N(C)CCC(=O)Nc1c(Cl)cc(N)cc1Cl. The van der Waals surface area contributed by atoms with Gasteiger partial charge in [-0.25, -0.2) is 0 Å². The van der Waals surface area contributed by atoms with E-state index < -0.39 is 0 Å². The Hall–Kier alpha value is -0.970. The van der Waals surface area contributed by atoms with Gasteiger partial charge in [-0.2, -0.15) is 0 Å². The monoisotopic (exact) mass is 331 g/mol. The van der Waals surface area contributed by atoms with Crippen molar-refractivity contribution in [3.63, 3.8) is 0 Å². The fourth-order valence-corrected chi connectivity index (χ4v) is 2.88. The molecule has 4 nitrogen and oxygen atoms in total. The van der Waals surface area contributed by atoms with Gasteiger partial charge in [0.25, 0.3) is 0 Å². The highest BCUT2D eigenvalue weighted by Crippen LogP contribution is 2.32. The molecule has 0 fully saturated rings. The van der Waals surface area contributed by atoms with Crippen molar-refractivity contribution in [2.75, 3.05) is 24.6 Å². The highest BCUT2D eigenvalue weighted by Gasteiger charge is 2.14. The Labute approximate surface area is 136 Å². The Bertz CT molecular complexity index is 467. The summed E-state index contributed by atoms with van der Waals surface area (Å²) >= 11 is 12.1. The van der Waals surface area contributed by atoms with Crippen LogP contribution in [-0.2, 0) is 4.79 Å². The van der Waals surface area contributed by atoms with Crippen molar-refractivity contribution in [1.82, 2.24) is 4.90 Å². The van der Waals surface area contributed by atoms with Gasteiger partial charge in [-0.3, -0.25) is 4.79 Å². The Kier molecular flexibility index (Phi) is 7.29. The maximum atomic E-state index is 12.0. The third-order valence-corrected chi connectivity index (χ3v) is 4.18. The van der Waals surface area contributed by atoms with Gasteiger partial charge in [-0.05, 0) is 32.0 Å². The van der Waals surface area contributed by atoms with E-state index in [0.717, 1.165) is 12.8 Å². The molecule has 0 spiro atoms. The van der Waals surface area contributed by atoms with Gasteiger partial charge in [0.1, 0.15) is 0 Å². The molecule has 1 rings (SSSR count). The number of rotatable bonds is 7. The number of amides is 1. The summed E-state index contributed by atoms with van der Waals surface area (Å²) in [6, 6.07) is 3.64. The van der Waals surface area contributed by atoms with E-state index in [2.05, 4.69) is 24.1 Å². The molecule has 0 atom stereocenters. The molecule has 0 aliphatic rings. The molecule has 0 heterocycles. The number of benzene rings is 1. The van der Waals surface area contributed by atoms with Gasteiger partial charge >= 0.3 is 0 Å². The molecule has 0 aromatic heterocycles. The predicted octanol–water partition coefficient (Wildman–Crippen LogP) is 4.02. The number of hydrogen-bond acceptors (Lipinski definition) is 3. The van der Waals surface area contributed by atoms with Crippen LogP contribution in [0.3, 0.4) is 0 Å². The Morgan fingerprint density at radius 3 is 2.29 bits per heavy atom. The third-order valence-electron chi connectivity index (χ3n) is 3.59. The fraction of sp³-hybridized carbons (Fsp3) is 0.533. The molecule has 0 bridgehead atoms. The van der Waals surface area contributed by atoms with Crippen LogP contribution in [0, 0.1) is 0 Å². The standard InChI is InChI=1S/C15H23Cl2N3O/c1-4-11(5-2)20(3)7-6-14(21)19-15-12(16)8-10(18)9-13(15)17/h8-9,11H,4-7,18H2,1-3H3,(H,19,21). The van der Waals surface area contributed by atoms with E-state index in [-0.39, 0.29) is 5.91 Å². The number of carbonyl (C=O) groups excluding carboxylic acids is 1. The average molecular weight is 332 g/mol. The van der Waals surface area contributed by atoms with Crippen LogP contribution in [0.25, 0.3) is 0 Å². The molecule has 0 aliphatic carbocycles. The second-order valence-corrected chi connectivity index (χ2v) is 5.92. The lowest BCUT2D eigenvalue weighted by molar-refractivity contribution is -0.116. The zero-order valence-corrected chi connectivity index (χ0v) is 14.3. The minimum absolute atomic E-state index is 0.110. The summed E-state index contributed by atoms with van der Waals surface area (Å²) in [5, 5.41) is 3.45. The van der Waals surface area contributed by atoms with Crippen LogP contribution in [0.4, 0.5) is 11.4 Å². The molecule has 0 radical (unpaired) electrons. The van der Waals surface area contributed by atoms with Crippen molar-refractivity contribution < 1.29 is 4.79 Å². The molecule has 1 amide bonds. The van der Waals surface area contributed by atoms with Crippen LogP contribution in [0.1, 0.15) is 33.1 Å². The van der Waals surface area contributed by atoms with Crippen molar-refractivity contribution >= 4 is 40.5 Å². The van der Waals surface area contributed by atoms with Gasteiger partial charge in [0.2, 0.25) is 5.91 Å². The van der Waals surface area contributed by atoms with Crippen LogP contribution in [0.15, 0.2) is 12.1 Å². The highest BCUT2D eigenvalue weighted by molar-refractivity contribution is 6.40. The molecule has 0 saturated carbocycles. The molecule has 0 saturated heterocycles. The Balaban J connectivity index is 2.59. The smallest absolute Gasteiger partial charge is 0.225 e. The summed E-state index contributed by atoms with van der Waals surface area (Å²) < 4.78 is 0. The summed E-state index contributed by atoms with van der Waals surface area (Å²) in [6.07, 6.45) is 2.54. The zero-order chi connectivity index (χ0) is 16.0. The maximum absolute atomic E-state index is 12.0. The summed E-state index contributed by atoms with van der Waals surface area (Å²) in [4.78, 5) is 14.2. The quantitative estimate of drug-likeness (QED) is 0.741. The van der Waals surface area contributed by atoms with E-state index in [1.54, 1.807) is 12.1 Å². The molecular weight excluding hydrogens is 309 g/mol. The van der Waals surface area contributed by atoms with E-state index in [4.69, 9.17) is 28.9 Å². The first kappa shape index (κ1) is 18.1. The van der Waals surface area contributed by atoms with Gasteiger partial charge in [0, 0.05) is 24.7 Å². The molecule has 6 heteroatoms.